The Kier molecular flexibility index (Phi) is 8.78. The van der Waals surface area contributed by atoms with E-state index in [4.69, 9.17) is 5.11 Å². The summed E-state index contributed by atoms with van der Waals surface area (Å²) in [7, 11) is 0. The second-order valence-corrected chi connectivity index (χ2v) is 4.30. The highest BCUT2D eigenvalue weighted by molar-refractivity contribution is 7.99. The van der Waals surface area contributed by atoms with Crippen molar-refractivity contribution in [1.29, 1.82) is 0 Å². The van der Waals surface area contributed by atoms with Crippen LogP contribution < -0.4 is 5.32 Å². The van der Waals surface area contributed by atoms with Crippen molar-refractivity contribution < 1.29 is 9.90 Å². The zero-order valence-corrected chi connectivity index (χ0v) is 9.48. The molecule has 4 heteroatoms. The predicted octanol–water partition coefficient (Wildman–Crippen LogP) is 1.75. The van der Waals surface area contributed by atoms with Gasteiger partial charge in [-0.3, -0.25) is 4.79 Å². The van der Waals surface area contributed by atoms with Crippen molar-refractivity contribution in [3.63, 3.8) is 0 Å². The molecule has 14 heavy (non-hydrogen) atoms. The molecule has 0 aliphatic carbocycles. The summed E-state index contributed by atoms with van der Waals surface area (Å²) < 4.78 is 0. The molecule has 0 fully saturated rings. The Morgan fingerprint density at radius 1 is 1.71 bits per heavy atom. The fourth-order valence-corrected chi connectivity index (χ4v) is 1.58. The highest BCUT2D eigenvalue weighted by Crippen LogP contribution is 1.99. The van der Waals surface area contributed by atoms with E-state index < -0.39 is 5.97 Å². The van der Waals surface area contributed by atoms with Crippen LogP contribution >= 0.6 is 11.8 Å². The summed E-state index contributed by atoms with van der Waals surface area (Å²) in [6.07, 6.45) is 2.83. The van der Waals surface area contributed by atoms with E-state index in [0.717, 1.165) is 18.1 Å². The number of hydrogen-bond donors (Lipinski definition) is 2. The molecule has 0 spiro atoms. The minimum absolute atomic E-state index is 0.244. The minimum atomic E-state index is -0.723. The van der Waals surface area contributed by atoms with Crippen molar-refractivity contribution in [3.8, 4) is 0 Å². The first-order valence-electron chi connectivity index (χ1n) is 4.80. The standard InChI is InChI=1S/C10H19NO2S/c1-3-7-14-8-6-11-9(2)4-5-10(12)13/h3,9,11H,1,4-8H2,2H3,(H,12,13). The summed E-state index contributed by atoms with van der Waals surface area (Å²) in [5, 5.41) is 11.7. The maximum Gasteiger partial charge on any atom is 0.303 e. The lowest BCUT2D eigenvalue weighted by molar-refractivity contribution is -0.137. The van der Waals surface area contributed by atoms with Crippen LogP contribution in [0.5, 0.6) is 0 Å². The van der Waals surface area contributed by atoms with Crippen LogP contribution in [0.3, 0.4) is 0 Å². The highest BCUT2D eigenvalue weighted by atomic mass is 32.2. The Bertz CT molecular complexity index is 174. The number of rotatable bonds is 9. The number of carboxylic acids is 1. The number of carbonyl (C=O) groups is 1. The van der Waals surface area contributed by atoms with Crippen LogP contribution in [0.2, 0.25) is 0 Å². The van der Waals surface area contributed by atoms with Crippen LogP contribution in [-0.4, -0.2) is 35.2 Å². The van der Waals surface area contributed by atoms with Gasteiger partial charge in [-0.15, -0.1) is 6.58 Å². The molecule has 0 amide bonds. The van der Waals surface area contributed by atoms with Gasteiger partial charge in [0.2, 0.25) is 0 Å². The van der Waals surface area contributed by atoms with Gasteiger partial charge in [-0.2, -0.15) is 11.8 Å². The lowest BCUT2D eigenvalue weighted by atomic mass is 10.2. The lowest BCUT2D eigenvalue weighted by Gasteiger charge is -2.11. The van der Waals surface area contributed by atoms with Gasteiger partial charge in [-0.05, 0) is 13.3 Å². The van der Waals surface area contributed by atoms with Crippen LogP contribution in [0.25, 0.3) is 0 Å². The molecule has 0 radical (unpaired) electrons. The summed E-state index contributed by atoms with van der Waals surface area (Å²) in [6.45, 7) is 6.58. The van der Waals surface area contributed by atoms with Crippen molar-refractivity contribution in [3.05, 3.63) is 12.7 Å². The first kappa shape index (κ1) is 13.5. The fraction of sp³-hybridized carbons (Fsp3) is 0.700. The molecule has 0 aliphatic heterocycles. The van der Waals surface area contributed by atoms with Crippen molar-refractivity contribution in [2.45, 2.75) is 25.8 Å². The lowest BCUT2D eigenvalue weighted by Crippen LogP contribution is -2.28. The minimum Gasteiger partial charge on any atom is -0.481 e. The average molecular weight is 217 g/mol. The van der Waals surface area contributed by atoms with Crippen LogP contribution in [0.15, 0.2) is 12.7 Å². The molecule has 1 unspecified atom stereocenters. The Morgan fingerprint density at radius 3 is 3.00 bits per heavy atom. The molecule has 0 aromatic heterocycles. The zero-order chi connectivity index (χ0) is 10.8. The number of aliphatic carboxylic acids is 1. The molecule has 0 aromatic carbocycles. The summed E-state index contributed by atoms with van der Waals surface area (Å²) in [4.78, 5) is 10.3. The van der Waals surface area contributed by atoms with E-state index >= 15 is 0 Å². The van der Waals surface area contributed by atoms with E-state index in [1.54, 1.807) is 0 Å². The number of thioether (sulfide) groups is 1. The van der Waals surface area contributed by atoms with Crippen molar-refractivity contribution in [2.75, 3.05) is 18.1 Å². The highest BCUT2D eigenvalue weighted by Gasteiger charge is 2.03. The third-order valence-corrected chi connectivity index (χ3v) is 2.73. The molecular weight excluding hydrogens is 198 g/mol. The van der Waals surface area contributed by atoms with Crippen LogP contribution in [0, 0.1) is 0 Å². The van der Waals surface area contributed by atoms with Gasteiger partial charge in [-0.1, -0.05) is 6.08 Å². The molecule has 0 heterocycles. The quantitative estimate of drug-likeness (QED) is 0.456. The SMILES string of the molecule is C=CCSCCNC(C)CCC(=O)O. The van der Waals surface area contributed by atoms with Crippen molar-refractivity contribution >= 4 is 17.7 Å². The summed E-state index contributed by atoms with van der Waals surface area (Å²) >= 11 is 1.82. The largest absolute Gasteiger partial charge is 0.481 e. The predicted molar refractivity (Wildman–Crippen MR) is 61.9 cm³/mol. The zero-order valence-electron chi connectivity index (χ0n) is 8.66. The van der Waals surface area contributed by atoms with E-state index in [2.05, 4.69) is 11.9 Å². The Morgan fingerprint density at radius 2 is 2.43 bits per heavy atom. The van der Waals surface area contributed by atoms with Gasteiger partial charge < -0.3 is 10.4 Å². The van der Waals surface area contributed by atoms with E-state index in [0.29, 0.717) is 6.42 Å². The Hall–Kier alpha value is -0.480. The molecule has 0 saturated carbocycles. The summed E-state index contributed by atoms with van der Waals surface area (Å²) in [5.41, 5.74) is 0. The summed E-state index contributed by atoms with van der Waals surface area (Å²) in [6, 6.07) is 0.287. The molecule has 0 aromatic rings. The van der Waals surface area contributed by atoms with E-state index in [9.17, 15) is 4.79 Å². The third-order valence-electron chi connectivity index (χ3n) is 1.77. The van der Waals surface area contributed by atoms with Gasteiger partial charge in [0.15, 0.2) is 0 Å². The summed E-state index contributed by atoms with van der Waals surface area (Å²) in [5.74, 6) is 1.30. The van der Waals surface area contributed by atoms with Gasteiger partial charge in [-0.25, -0.2) is 0 Å². The number of carboxylic acid groups (broad SMARTS) is 1. The normalized spacial score (nSPS) is 12.4. The molecule has 2 N–H and O–H groups in total. The number of hydrogen-bond acceptors (Lipinski definition) is 3. The second-order valence-electron chi connectivity index (χ2n) is 3.15. The molecular formula is C10H19NO2S. The maximum atomic E-state index is 10.3. The molecule has 3 nitrogen and oxygen atoms in total. The van der Waals surface area contributed by atoms with E-state index in [1.807, 2.05) is 24.8 Å². The molecule has 82 valence electrons. The molecule has 0 bridgehead atoms. The van der Waals surface area contributed by atoms with Gasteiger partial charge in [0, 0.05) is 30.5 Å². The van der Waals surface area contributed by atoms with Crippen LogP contribution in [-0.2, 0) is 4.79 Å². The van der Waals surface area contributed by atoms with Gasteiger partial charge in [0.25, 0.3) is 0 Å². The van der Waals surface area contributed by atoms with Gasteiger partial charge in [0.05, 0.1) is 0 Å². The first-order valence-corrected chi connectivity index (χ1v) is 5.96. The van der Waals surface area contributed by atoms with Crippen LogP contribution in [0.1, 0.15) is 19.8 Å². The molecule has 0 aliphatic rings. The molecule has 0 saturated heterocycles. The Labute approximate surface area is 90.0 Å². The van der Waals surface area contributed by atoms with E-state index in [-0.39, 0.29) is 12.5 Å². The first-order chi connectivity index (χ1) is 6.66. The van der Waals surface area contributed by atoms with Gasteiger partial charge in [0.1, 0.15) is 0 Å². The average Bonchev–Trinajstić information content (AvgIpc) is 2.14. The molecule has 0 rings (SSSR count). The van der Waals surface area contributed by atoms with Crippen LogP contribution in [0.4, 0.5) is 0 Å². The monoisotopic (exact) mass is 217 g/mol. The van der Waals surface area contributed by atoms with Gasteiger partial charge >= 0.3 is 5.97 Å². The smallest absolute Gasteiger partial charge is 0.303 e. The maximum absolute atomic E-state index is 10.3. The fourth-order valence-electron chi connectivity index (χ4n) is 0.986. The topological polar surface area (TPSA) is 49.3 Å². The third kappa shape index (κ3) is 9.61. The Balaban J connectivity index is 3.21. The second kappa shape index (κ2) is 9.09. The van der Waals surface area contributed by atoms with Crippen molar-refractivity contribution in [2.24, 2.45) is 0 Å². The molecule has 1 atom stereocenters. The van der Waals surface area contributed by atoms with E-state index in [1.165, 1.54) is 0 Å². The number of nitrogens with one attached hydrogen (secondary N) is 1. The van der Waals surface area contributed by atoms with Crippen molar-refractivity contribution in [1.82, 2.24) is 5.32 Å².